The summed E-state index contributed by atoms with van der Waals surface area (Å²) in [6, 6.07) is 11.7. The first-order chi connectivity index (χ1) is 13.5. The molecule has 0 bridgehead atoms. The average molecular weight is 394 g/mol. The number of rotatable bonds is 5. The van der Waals surface area contributed by atoms with Crippen LogP contribution in [0.3, 0.4) is 0 Å². The first-order valence-electron chi connectivity index (χ1n) is 10.2. The van der Waals surface area contributed by atoms with Gasteiger partial charge in [-0.05, 0) is 78.5 Å². The highest BCUT2D eigenvalue weighted by molar-refractivity contribution is 6.01. The van der Waals surface area contributed by atoms with Crippen molar-refractivity contribution in [2.24, 2.45) is 5.16 Å². The van der Waals surface area contributed by atoms with Gasteiger partial charge in [-0.2, -0.15) is 0 Å². The Balaban J connectivity index is 1.85. The number of oxime groups is 1. The predicted octanol–water partition coefficient (Wildman–Crippen LogP) is 5.80. The quantitative estimate of drug-likeness (QED) is 0.302. The number of benzene rings is 2. The van der Waals surface area contributed by atoms with Gasteiger partial charge in [0.2, 0.25) is 0 Å². The van der Waals surface area contributed by atoms with E-state index in [0.717, 1.165) is 24.0 Å². The summed E-state index contributed by atoms with van der Waals surface area (Å²) < 4.78 is 5.86. The number of aryl methyl sites for hydroxylation is 1. The molecule has 4 heteroatoms. The number of carbonyl (C=O) groups is 1. The minimum absolute atomic E-state index is 0.0336. The summed E-state index contributed by atoms with van der Waals surface area (Å²) in [5, 5.41) is 13.1. The summed E-state index contributed by atoms with van der Waals surface area (Å²) in [5.74, 6) is 0.680. The molecule has 3 rings (SSSR count). The Labute approximate surface area is 173 Å². The van der Waals surface area contributed by atoms with Gasteiger partial charge in [0.15, 0.2) is 5.78 Å². The number of Topliss-reactive ketones (excluding diaryl/α,β-unsaturated/α-hetero) is 1. The largest absolute Gasteiger partial charge is 0.487 e. The Bertz CT molecular complexity index is 970. The van der Waals surface area contributed by atoms with E-state index in [9.17, 15) is 10.0 Å². The molecule has 0 aromatic heterocycles. The molecule has 1 aliphatic carbocycles. The van der Waals surface area contributed by atoms with E-state index in [1.807, 2.05) is 19.1 Å². The molecular weight excluding hydrogens is 362 g/mol. The van der Waals surface area contributed by atoms with Crippen molar-refractivity contribution in [2.45, 2.75) is 65.2 Å². The fraction of sp³-hybridized carbons (Fsp3) is 0.440. The highest BCUT2D eigenvalue weighted by Crippen LogP contribution is 2.45. The van der Waals surface area contributed by atoms with Crippen molar-refractivity contribution in [1.29, 1.82) is 0 Å². The van der Waals surface area contributed by atoms with Crippen molar-refractivity contribution >= 4 is 11.5 Å². The molecule has 0 saturated carbocycles. The molecule has 29 heavy (non-hydrogen) atoms. The van der Waals surface area contributed by atoms with Crippen molar-refractivity contribution in [3.8, 4) is 5.75 Å². The molecule has 0 radical (unpaired) electrons. The highest BCUT2D eigenvalue weighted by atomic mass is 16.5. The van der Waals surface area contributed by atoms with Gasteiger partial charge in [0.1, 0.15) is 18.1 Å². The molecule has 0 spiro atoms. The minimum Gasteiger partial charge on any atom is -0.487 e. The van der Waals surface area contributed by atoms with E-state index >= 15 is 0 Å². The Morgan fingerprint density at radius 3 is 2.28 bits per heavy atom. The summed E-state index contributed by atoms with van der Waals surface area (Å²) in [5.41, 5.74) is 5.83. The fourth-order valence-electron chi connectivity index (χ4n) is 4.21. The second kappa shape index (κ2) is 7.66. The third kappa shape index (κ3) is 4.21. The zero-order valence-corrected chi connectivity index (χ0v) is 18.3. The first kappa shape index (κ1) is 21.1. The van der Waals surface area contributed by atoms with Crippen LogP contribution in [0.4, 0.5) is 0 Å². The monoisotopic (exact) mass is 393 g/mol. The number of nitrogens with zero attached hydrogens (tertiary/aromatic N) is 1. The molecule has 0 aliphatic heterocycles. The Hall–Kier alpha value is -2.62. The van der Waals surface area contributed by atoms with Gasteiger partial charge < -0.3 is 9.94 Å². The second-order valence-electron chi connectivity index (χ2n) is 9.40. The molecule has 154 valence electrons. The van der Waals surface area contributed by atoms with Crippen molar-refractivity contribution in [3.05, 3.63) is 64.2 Å². The SMILES string of the molecule is CC(=O)c1ccc(OC/C(=N/O)c2ccc3c(c2)C(C)(C)CCC3(C)C)cc1C. The molecule has 0 unspecified atom stereocenters. The molecule has 2 aromatic carbocycles. The van der Waals surface area contributed by atoms with Crippen molar-refractivity contribution in [3.63, 3.8) is 0 Å². The predicted molar refractivity (Wildman–Crippen MR) is 117 cm³/mol. The summed E-state index contributed by atoms with van der Waals surface area (Å²) in [6.07, 6.45) is 2.28. The van der Waals surface area contributed by atoms with E-state index in [2.05, 4.69) is 45.0 Å². The van der Waals surface area contributed by atoms with Gasteiger partial charge in [0.25, 0.3) is 0 Å². The molecule has 1 N–H and O–H groups in total. The molecule has 4 nitrogen and oxygen atoms in total. The van der Waals surface area contributed by atoms with Crippen LogP contribution in [0.15, 0.2) is 41.6 Å². The van der Waals surface area contributed by atoms with Crippen molar-refractivity contribution in [2.75, 3.05) is 6.61 Å². The van der Waals surface area contributed by atoms with Gasteiger partial charge in [-0.1, -0.05) is 45.0 Å². The number of ether oxygens (including phenoxy) is 1. The zero-order valence-electron chi connectivity index (χ0n) is 18.3. The van der Waals surface area contributed by atoms with Crippen LogP contribution in [0.5, 0.6) is 5.75 Å². The molecule has 1 aliphatic rings. The first-order valence-corrected chi connectivity index (χ1v) is 10.2. The average Bonchev–Trinajstić information content (AvgIpc) is 2.66. The molecule has 0 heterocycles. The van der Waals surface area contributed by atoms with E-state index in [-0.39, 0.29) is 23.2 Å². The second-order valence-corrected chi connectivity index (χ2v) is 9.40. The summed E-state index contributed by atoms with van der Waals surface area (Å²) in [4.78, 5) is 11.6. The highest BCUT2D eigenvalue weighted by Gasteiger charge is 2.37. The summed E-state index contributed by atoms with van der Waals surface area (Å²) in [7, 11) is 0. The lowest BCUT2D eigenvalue weighted by Gasteiger charge is -2.42. The van der Waals surface area contributed by atoms with Gasteiger partial charge in [-0.3, -0.25) is 4.79 Å². The lowest BCUT2D eigenvalue weighted by molar-refractivity contribution is 0.101. The standard InChI is InChI=1S/C25H31NO3/c1-16-13-19(8-9-20(16)17(2)27)29-15-23(26-28)18-7-10-21-22(14-18)25(5,6)12-11-24(21,3)4/h7-10,13-14,28H,11-12,15H2,1-6H3/b26-23-. The Morgan fingerprint density at radius 2 is 1.69 bits per heavy atom. The van der Waals surface area contributed by atoms with Gasteiger partial charge in [-0.25, -0.2) is 0 Å². The molecule has 0 amide bonds. The van der Waals surface area contributed by atoms with Crippen LogP contribution in [-0.2, 0) is 10.8 Å². The van der Waals surface area contributed by atoms with Crippen LogP contribution in [0.25, 0.3) is 0 Å². The third-order valence-corrected chi connectivity index (χ3v) is 6.26. The van der Waals surface area contributed by atoms with Crippen LogP contribution in [0, 0.1) is 6.92 Å². The van der Waals surface area contributed by atoms with Crippen molar-refractivity contribution in [1.82, 2.24) is 0 Å². The smallest absolute Gasteiger partial charge is 0.160 e. The van der Waals surface area contributed by atoms with E-state index in [1.54, 1.807) is 19.1 Å². The molecule has 0 atom stereocenters. The minimum atomic E-state index is 0.0336. The van der Waals surface area contributed by atoms with E-state index in [4.69, 9.17) is 4.74 Å². The van der Waals surface area contributed by atoms with E-state index in [0.29, 0.717) is 17.0 Å². The van der Waals surface area contributed by atoms with Gasteiger partial charge >= 0.3 is 0 Å². The number of ketones is 1. The topological polar surface area (TPSA) is 58.9 Å². The van der Waals surface area contributed by atoms with Crippen LogP contribution in [-0.4, -0.2) is 23.3 Å². The van der Waals surface area contributed by atoms with Crippen LogP contribution < -0.4 is 4.74 Å². The van der Waals surface area contributed by atoms with Crippen LogP contribution in [0.2, 0.25) is 0 Å². The van der Waals surface area contributed by atoms with Gasteiger partial charge in [0.05, 0.1) is 0 Å². The number of hydrogen-bond acceptors (Lipinski definition) is 4. The van der Waals surface area contributed by atoms with Gasteiger partial charge in [-0.15, -0.1) is 0 Å². The maximum absolute atomic E-state index is 11.6. The van der Waals surface area contributed by atoms with Gasteiger partial charge in [0, 0.05) is 11.1 Å². The number of hydrogen-bond donors (Lipinski definition) is 1. The van der Waals surface area contributed by atoms with E-state index < -0.39 is 0 Å². The normalized spacial score (nSPS) is 17.5. The maximum atomic E-state index is 11.6. The third-order valence-electron chi connectivity index (χ3n) is 6.26. The lowest BCUT2D eigenvalue weighted by atomic mass is 9.63. The number of fused-ring (bicyclic) bond motifs is 1. The van der Waals surface area contributed by atoms with Crippen LogP contribution in [0.1, 0.15) is 80.1 Å². The van der Waals surface area contributed by atoms with E-state index in [1.165, 1.54) is 11.1 Å². The Morgan fingerprint density at radius 1 is 1.03 bits per heavy atom. The summed E-state index contributed by atoms with van der Waals surface area (Å²) in [6.45, 7) is 12.7. The zero-order chi connectivity index (χ0) is 21.4. The molecule has 2 aromatic rings. The molecule has 0 fully saturated rings. The maximum Gasteiger partial charge on any atom is 0.160 e. The Kier molecular flexibility index (Phi) is 5.57. The summed E-state index contributed by atoms with van der Waals surface area (Å²) >= 11 is 0. The molecule has 0 saturated heterocycles. The number of carbonyl (C=O) groups excluding carboxylic acids is 1. The van der Waals surface area contributed by atoms with Crippen LogP contribution >= 0.6 is 0 Å². The molecular formula is C25H31NO3. The van der Waals surface area contributed by atoms with Crippen molar-refractivity contribution < 1.29 is 14.7 Å². The lowest BCUT2D eigenvalue weighted by Crippen LogP contribution is -2.34. The fourth-order valence-corrected chi connectivity index (χ4v) is 4.21.